The Morgan fingerprint density at radius 2 is 2.00 bits per heavy atom. The molecular formula is C20H37NO3Si. The number of aliphatic hydroxyl groups is 1. The van der Waals surface area contributed by atoms with Gasteiger partial charge in [0.2, 0.25) is 0 Å². The molecule has 0 radical (unpaired) electrons. The maximum absolute atomic E-state index is 10.3. The van der Waals surface area contributed by atoms with Crippen LogP contribution in [0.3, 0.4) is 0 Å². The van der Waals surface area contributed by atoms with Crippen molar-refractivity contribution in [2.24, 2.45) is 5.73 Å². The van der Waals surface area contributed by atoms with E-state index in [2.05, 4.69) is 40.4 Å². The van der Waals surface area contributed by atoms with E-state index in [1.807, 2.05) is 13.0 Å². The van der Waals surface area contributed by atoms with Crippen LogP contribution < -0.4 is 5.73 Å². The molecular weight excluding hydrogens is 330 g/mol. The minimum absolute atomic E-state index is 0.121. The van der Waals surface area contributed by atoms with Gasteiger partial charge >= 0.3 is 0 Å². The Morgan fingerprint density at radius 1 is 1.36 bits per heavy atom. The van der Waals surface area contributed by atoms with Gasteiger partial charge in [0.15, 0.2) is 14.6 Å². The molecule has 3 N–H and O–H groups in total. The highest BCUT2D eigenvalue weighted by Crippen LogP contribution is 2.39. The summed E-state index contributed by atoms with van der Waals surface area (Å²) in [5.74, 6) is 0. The molecule has 1 aliphatic rings. The van der Waals surface area contributed by atoms with Gasteiger partial charge in [0.25, 0.3) is 0 Å². The number of hydrogen-bond donors (Lipinski definition) is 2. The van der Waals surface area contributed by atoms with Crippen LogP contribution in [0.1, 0.15) is 53.4 Å². The molecule has 0 aromatic carbocycles. The Bertz CT molecular complexity index is 518. The Morgan fingerprint density at radius 3 is 2.52 bits per heavy atom. The molecule has 0 saturated carbocycles. The van der Waals surface area contributed by atoms with Gasteiger partial charge in [-0.25, -0.2) is 0 Å². The molecule has 1 aliphatic carbocycles. The van der Waals surface area contributed by atoms with Gasteiger partial charge in [-0.2, -0.15) is 0 Å². The highest BCUT2D eigenvalue weighted by molar-refractivity contribution is 6.74. The predicted octanol–water partition coefficient (Wildman–Crippen LogP) is 4.63. The lowest BCUT2D eigenvalue weighted by Gasteiger charge is -2.38. The molecule has 5 heteroatoms. The lowest BCUT2D eigenvalue weighted by atomic mass is 9.97. The summed E-state index contributed by atoms with van der Waals surface area (Å²) in [5, 5.41) is 10.4. The average molecular weight is 368 g/mol. The predicted molar refractivity (Wildman–Crippen MR) is 108 cm³/mol. The quantitative estimate of drug-likeness (QED) is 0.354. The highest BCUT2D eigenvalue weighted by atomic mass is 28.4. The third-order valence-electron chi connectivity index (χ3n) is 5.26. The first-order valence-electron chi connectivity index (χ1n) is 9.30. The third-order valence-corrected chi connectivity index (χ3v) is 9.77. The lowest BCUT2D eigenvalue weighted by Crippen LogP contribution is -2.46. The van der Waals surface area contributed by atoms with Gasteiger partial charge in [0.05, 0.1) is 6.23 Å². The molecule has 0 spiro atoms. The van der Waals surface area contributed by atoms with Gasteiger partial charge in [-0.1, -0.05) is 39.5 Å². The highest BCUT2D eigenvalue weighted by Gasteiger charge is 2.38. The molecule has 0 aromatic heterocycles. The second-order valence-corrected chi connectivity index (χ2v) is 13.0. The summed E-state index contributed by atoms with van der Waals surface area (Å²) in [6.07, 6.45) is 6.05. The van der Waals surface area contributed by atoms with Crippen LogP contribution in [-0.4, -0.2) is 32.5 Å². The summed E-state index contributed by atoms with van der Waals surface area (Å²) >= 11 is 0. The summed E-state index contributed by atoms with van der Waals surface area (Å²) in [4.78, 5) is 0. The maximum atomic E-state index is 10.3. The number of rotatable bonds is 9. The van der Waals surface area contributed by atoms with E-state index in [4.69, 9.17) is 14.9 Å². The average Bonchev–Trinajstić information content (AvgIpc) is 2.94. The fraction of sp³-hybridized carbons (Fsp3) is 0.700. The molecule has 4 nitrogen and oxygen atoms in total. The van der Waals surface area contributed by atoms with Crippen molar-refractivity contribution in [3.8, 4) is 0 Å². The first-order valence-corrected chi connectivity index (χ1v) is 12.2. The first-order chi connectivity index (χ1) is 11.5. The Kier molecular flexibility index (Phi) is 8.29. The summed E-state index contributed by atoms with van der Waals surface area (Å²) in [5.41, 5.74) is 9.60. The van der Waals surface area contributed by atoms with Crippen molar-refractivity contribution in [3.63, 3.8) is 0 Å². The van der Waals surface area contributed by atoms with Gasteiger partial charge in [-0.15, -0.1) is 0 Å². The topological polar surface area (TPSA) is 64.7 Å². The van der Waals surface area contributed by atoms with Crippen molar-refractivity contribution in [1.82, 2.24) is 0 Å². The lowest BCUT2D eigenvalue weighted by molar-refractivity contribution is -0.0686. The molecule has 2 atom stereocenters. The Labute approximate surface area is 154 Å². The van der Waals surface area contributed by atoms with Gasteiger partial charge in [-0.05, 0) is 61.0 Å². The van der Waals surface area contributed by atoms with Crippen LogP contribution in [0.5, 0.6) is 0 Å². The maximum Gasteiger partial charge on any atom is 0.194 e. The standard InChI is InChI=1S/C20H37NO3Si/c1-8-11-15(14-18(21)24-25(6,7)20(3,4)5)16-12-10-13-17(16)19(22)23-9-2/h8,11,18-19,22H,1,9-10,12-14,21H2,2-7H3/b15-11+/t18-,19?/m1/s1. The van der Waals surface area contributed by atoms with Gasteiger partial charge in [0, 0.05) is 13.0 Å². The van der Waals surface area contributed by atoms with Crippen molar-refractivity contribution in [3.05, 3.63) is 35.5 Å². The summed E-state index contributed by atoms with van der Waals surface area (Å²) in [7, 11) is -1.92. The van der Waals surface area contributed by atoms with Crippen molar-refractivity contribution >= 4 is 8.32 Å². The Balaban J connectivity index is 2.96. The van der Waals surface area contributed by atoms with Crippen molar-refractivity contribution in [2.75, 3.05) is 6.61 Å². The fourth-order valence-electron chi connectivity index (χ4n) is 2.91. The number of allylic oxidation sites excluding steroid dienone is 3. The van der Waals surface area contributed by atoms with Gasteiger partial charge in [-0.3, -0.25) is 0 Å². The van der Waals surface area contributed by atoms with Gasteiger partial charge < -0.3 is 20.0 Å². The molecule has 0 saturated heterocycles. The summed E-state index contributed by atoms with van der Waals surface area (Å²) in [6.45, 7) is 17.3. The summed E-state index contributed by atoms with van der Waals surface area (Å²) in [6, 6.07) is 0. The van der Waals surface area contributed by atoms with Gasteiger partial charge in [0.1, 0.15) is 0 Å². The van der Waals surface area contributed by atoms with Crippen LogP contribution in [0.15, 0.2) is 35.5 Å². The van der Waals surface area contributed by atoms with E-state index in [9.17, 15) is 5.11 Å². The number of nitrogens with two attached hydrogens (primary N) is 1. The molecule has 0 amide bonds. The molecule has 0 fully saturated rings. The largest absolute Gasteiger partial charge is 0.402 e. The van der Waals surface area contributed by atoms with E-state index in [1.165, 1.54) is 0 Å². The van der Waals surface area contributed by atoms with Crippen LogP contribution in [-0.2, 0) is 9.16 Å². The van der Waals surface area contributed by atoms with Crippen LogP contribution in [0.4, 0.5) is 0 Å². The minimum Gasteiger partial charge on any atom is -0.402 e. The molecule has 0 heterocycles. The SMILES string of the molecule is C=C/C=C(\C[C@H](N)O[Si](C)(C)C(C)(C)C)C1=C(C(O)OCC)CCC1. The second-order valence-electron chi connectivity index (χ2n) is 8.21. The van der Waals surface area contributed by atoms with Crippen molar-refractivity contribution in [1.29, 1.82) is 0 Å². The number of aliphatic hydroxyl groups excluding tert-OH is 1. The minimum atomic E-state index is -1.92. The molecule has 25 heavy (non-hydrogen) atoms. The van der Waals surface area contributed by atoms with Crippen LogP contribution >= 0.6 is 0 Å². The van der Waals surface area contributed by atoms with Crippen molar-refractivity contribution in [2.45, 2.75) is 84.0 Å². The van der Waals surface area contributed by atoms with E-state index < -0.39 is 14.6 Å². The molecule has 0 aromatic rings. The molecule has 0 aliphatic heterocycles. The molecule has 144 valence electrons. The summed E-state index contributed by atoms with van der Waals surface area (Å²) < 4.78 is 11.7. The third kappa shape index (κ3) is 6.18. The normalized spacial score (nSPS) is 19.3. The second kappa shape index (κ2) is 9.28. The van der Waals surface area contributed by atoms with Crippen molar-refractivity contribution < 1.29 is 14.3 Å². The first kappa shape index (κ1) is 22.3. The van der Waals surface area contributed by atoms with E-state index in [0.29, 0.717) is 13.0 Å². The number of hydrogen-bond acceptors (Lipinski definition) is 4. The van der Waals surface area contributed by atoms with E-state index in [1.54, 1.807) is 6.08 Å². The molecule has 1 rings (SSSR count). The number of ether oxygens (including phenoxy) is 1. The van der Waals surface area contributed by atoms with Crippen LogP contribution in [0.25, 0.3) is 0 Å². The van der Waals surface area contributed by atoms with Crippen LogP contribution in [0, 0.1) is 0 Å². The smallest absolute Gasteiger partial charge is 0.194 e. The van der Waals surface area contributed by atoms with E-state index in [-0.39, 0.29) is 11.3 Å². The van der Waals surface area contributed by atoms with E-state index in [0.717, 1.165) is 36.0 Å². The fourth-order valence-corrected chi connectivity index (χ4v) is 4.11. The zero-order chi connectivity index (χ0) is 19.3. The zero-order valence-corrected chi connectivity index (χ0v) is 17.9. The zero-order valence-electron chi connectivity index (χ0n) is 16.9. The van der Waals surface area contributed by atoms with E-state index >= 15 is 0 Å². The monoisotopic (exact) mass is 367 g/mol. The molecule has 1 unspecified atom stereocenters. The van der Waals surface area contributed by atoms with Crippen LogP contribution in [0.2, 0.25) is 18.1 Å². The Hall–Kier alpha value is -0.723. The molecule has 0 bridgehead atoms.